The van der Waals surface area contributed by atoms with E-state index in [-0.39, 0.29) is 12.0 Å². The quantitative estimate of drug-likeness (QED) is 0.860. The van der Waals surface area contributed by atoms with Gasteiger partial charge in [0.2, 0.25) is 5.95 Å². The number of halogens is 1. The van der Waals surface area contributed by atoms with Gasteiger partial charge in [-0.25, -0.2) is 4.98 Å². The van der Waals surface area contributed by atoms with E-state index in [0.717, 1.165) is 0 Å². The zero-order chi connectivity index (χ0) is 12.3. The van der Waals surface area contributed by atoms with Crippen LogP contribution in [0.5, 0.6) is 0 Å². The smallest absolute Gasteiger partial charge is 0.222 e. The van der Waals surface area contributed by atoms with Crippen molar-refractivity contribution in [1.82, 2.24) is 19.7 Å². The summed E-state index contributed by atoms with van der Waals surface area (Å²) in [6.07, 6.45) is 5.11. The van der Waals surface area contributed by atoms with Crippen molar-refractivity contribution in [3.8, 4) is 0 Å². The van der Waals surface area contributed by atoms with Crippen molar-refractivity contribution < 1.29 is 0 Å². The van der Waals surface area contributed by atoms with Gasteiger partial charge in [-0.3, -0.25) is 4.68 Å². The van der Waals surface area contributed by atoms with Crippen LogP contribution in [0, 0.1) is 0 Å². The molecule has 0 saturated heterocycles. The molecule has 2 aromatic heterocycles. The van der Waals surface area contributed by atoms with Crippen LogP contribution >= 0.6 is 11.6 Å². The molecule has 0 aromatic carbocycles. The number of nitrogens with two attached hydrogens (primary N) is 1. The molecular formula is C10H13ClN6. The Morgan fingerprint density at radius 1 is 1.59 bits per heavy atom. The first-order valence-electron chi connectivity index (χ1n) is 5.17. The Morgan fingerprint density at radius 3 is 3.12 bits per heavy atom. The Hall–Kier alpha value is -1.82. The summed E-state index contributed by atoms with van der Waals surface area (Å²) in [5.74, 6) is 0.738. The molecule has 7 heteroatoms. The summed E-state index contributed by atoms with van der Waals surface area (Å²) in [6.45, 7) is 2.73. The molecule has 0 aliphatic carbocycles. The molecule has 6 nitrogen and oxygen atoms in total. The maximum absolute atomic E-state index is 5.96. The van der Waals surface area contributed by atoms with E-state index in [1.165, 1.54) is 6.20 Å². The first kappa shape index (κ1) is 11.7. The van der Waals surface area contributed by atoms with E-state index in [1.54, 1.807) is 6.20 Å². The maximum Gasteiger partial charge on any atom is 0.222 e. The molecule has 1 unspecified atom stereocenters. The van der Waals surface area contributed by atoms with Crippen LogP contribution < -0.4 is 11.1 Å². The van der Waals surface area contributed by atoms with E-state index in [0.29, 0.717) is 17.4 Å². The van der Waals surface area contributed by atoms with E-state index >= 15 is 0 Å². The summed E-state index contributed by atoms with van der Waals surface area (Å²) >= 11 is 5.96. The van der Waals surface area contributed by atoms with Gasteiger partial charge in [-0.15, -0.1) is 0 Å². The standard InChI is InChI=1S/C10H13ClN6/c1-7(6-17-4-2-3-14-17)15-9-8(11)5-13-10(12)16-9/h2-5,7H,6H2,1H3,(H3,12,13,15,16). The Balaban J connectivity index is 2.02. The fourth-order valence-corrected chi connectivity index (χ4v) is 1.60. The molecule has 0 amide bonds. The third kappa shape index (κ3) is 3.07. The molecule has 2 aromatic rings. The molecule has 90 valence electrons. The average molecular weight is 253 g/mol. The molecule has 0 bridgehead atoms. The van der Waals surface area contributed by atoms with Crippen LogP contribution in [0.15, 0.2) is 24.7 Å². The van der Waals surface area contributed by atoms with Gasteiger partial charge in [-0.05, 0) is 13.0 Å². The number of nitrogens with one attached hydrogen (secondary N) is 1. The molecule has 2 rings (SSSR count). The third-order valence-electron chi connectivity index (χ3n) is 2.17. The van der Waals surface area contributed by atoms with E-state index in [1.807, 2.05) is 23.9 Å². The van der Waals surface area contributed by atoms with E-state index in [4.69, 9.17) is 17.3 Å². The SMILES string of the molecule is CC(Cn1cccn1)Nc1nc(N)ncc1Cl. The van der Waals surface area contributed by atoms with Crippen LogP contribution in [0.2, 0.25) is 5.02 Å². The summed E-state index contributed by atoms with van der Waals surface area (Å²) in [7, 11) is 0. The lowest BCUT2D eigenvalue weighted by atomic mass is 10.3. The predicted molar refractivity (Wildman–Crippen MR) is 66.8 cm³/mol. The normalized spacial score (nSPS) is 12.4. The van der Waals surface area contributed by atoms with Crippen molar-refractivity contribution in [3.63, 3.8) is 0 Å². The predicted octanol–water partition coefficient (Wildman–Crippen LogP) is 1.41. The second-order valence-corrected chi connectivity index (χ2v) is 4.11. The largest absolute Gasteiger partial charge is 0.368 e. The molecule has 0 spiro atoms. The number of nitrogens with zero attached hydrogens (tertiary/aromatic N) is 4. The van der Waals surface area contributed by atoms with Crippen LogP contribution in [0.25, 0.3) is 0 Å². The van der Waals surface area contributed by atoms with Gasteiger partial charge in [0, 0.05) is 18.4 Å². The van der Waals surface area contributed by atoms with Gasteiger partial charge in [0.25, 0.3) is 0 Å². The maximum atomic E-state index is 5.96. The number of anilines is 2. The lowest BCUT2D eigenvalue weighted by molar-refractivity contribution is 0.560. The highest BCUT2D eigenvalue weighted by molar-refractivity contribution is 6.32. The van der Waals surface area contributed by atoms with Crippen LogP contribution in [0.1, 0.15) is 6.92 Å². The fourth-order valence-electron chi connectivity index (χ4n) is 1.45. The summed E-state index contributed by atoms with van der Waals surface area (Å²) in [4.78, 5) is 7.84. The van der Waals surface area contributed by atoms with Gasteiger partial charge in [-0.2, -0.15) is 10.1 Å². The molecule has 3 N–H and O–H groups in total. The van der Waals surface area contributed by atoms with Crippen molar-refractivity contribution in [1.29, 1.82) is 0 Å². The highest BCUT2D eigenvalue weighted by Gasteiger charge is 2.08. The molecule has 1 atom stereocenters. The number of nitrogen functional groups attached to an aromatic ring is 1. The molecule has 17 heavy (non-hydrogen) atoms. The van der Waals surface area contributed by atoms with Gasteiger partial charge in [0.15, 0.2) is 5.82 Å². The number of aromatic nitrogens is 4. The molecule has 0 aliphatic rings. The highest BCUT2D eigenvalue weighted by Crippen LogP contribution is 2.19. The Morgan fingerprint density at radius 2 is 2.41 bits per heavy atom. The topological polar surface area (TPSA) is 81.7 Å². The zero-order valence-corrected chi connectivity index (χ0v) is 10.1. The van der Waals surface area contributed by atoms with E-state index < -0.39 is 0 Å². The van der Waals surface area contributed by atoms with Crippen molar-refractivity contribution in [3.05, 3.63) is 29.7 Å². The number of rotatable bonds is 4. The Bertz CT molecular complexity index is 484. The molecule has 2 heterocycles. The van der Waals surface area contributed by atoms with Crippen molar-refractivity contribution in [2.45, 2.75) is 19.5 Å². The second-order valence-electron chi connectivity index (χ2n) is 3.70. The number of hydrogen-bond donors (Lipinski definition) is 2. The van der Waals surface area contributed by atoms with Gasteiger partial charge in [0.1, 0.15) is 5.02 Å². The van der Waals surface area contributed by atoms with E-state index in [9.17, 15) is 0 Å². The van der Waals surface area contributed by atoms with Crippen molar-refractivity contribution in [2.75, 3.05) is 11.1 Å². The van der Waals surface area contributed by atoms with Gasteiger partial charge in [-0.1, -0.05) is 11.6 Å². The summed E-state index contributed by atoms with van der Waals surface area (Å²) in [5, 5.41) is 7.74. The van der Waals surface area contributed by atoms with Crippen LogP contribution in [-0.4, -0.2) is 25.8 Å². The monoisotopic (exact) mass is 252 g/mol. The fraction of sp³-hybridized carbons (Fsp3) is 0.300. The van der Waals surface area contributed by atoms with Gasteiger partial charge in [0.05, 0.1) is 12.7 Å². The van der Waals surface area contributed by atoms with Crippen molar-refractivity contribution >= 4 is 23.4 Å². The minimum atomic E-state index is 0.127. The molecular weight excluding hydrogens is 240 g/mol. The first-order chi connectivity index (χ1) is 8.15. The summed E-state index contributed by atoms with van der Waals surface area (Å²) < 4.78 is 1.83. The molecule has 0 radical (unpaired) electrons. The lowest BCUT2D eigenvalue weighted by Crippen LogP contribution is -2.23. The Kier molecular flexibility index (Phi) is 3.43. The van der Waals surface area contributed by atoms with Crippen LogP contribution in [0.4, 0.5) is 11.8 Å². The van der Waals surface area contributed by atoms with Gasteiger partial charge < -0.3 is 11.1 Å². The lowest BCUT2D eigenvalue weighted by Gasteiger charge is -2.15. The first-order valence-corrected chi connectivity index (χ1v) is 5.55. The van der Waals surface area contributed by atoms with Crippen molar-refractivity contribution in [2.24, 2.45) is 0 Å². The number of hydrogen-bond acceptors (Lipinski definition) is 5. The minimum Gasteiger partial charge on any atom is -0.368 e. The summed E-state index contributed by atoms with van der Waals surface area (Å²) in [5.41, 5.74) is 5.50. The molecule has 0 fully saturated rings. The van der Waals surface area contributed by atoms with E-state index in [2.05, 4.69) is 20.4 Å². The van der Waals surface area contributed by atoms with Crippen LogP contribution in [0.3, 0.4) is 0 Å². The highest BCUT2D eigenvalue weighted by atomic mass is 35.5. The average Bonchev–Trinajstić information content (AvgIpc) is 2.76. The molecule has 0 aliphatic heterocycles. The molecule has 0 saturated carbocycles. The zero-order valence-electron chi connectivity index (χ0n) is 9.34. The third-order valence-corrected chi connectivity index (χ3v) is 2.44. The van der Waals surface area contributed by atoms with Gasteiger partial charge >= 0.3 is 0 Å². The minimum absolute atomic E-state index is 0.127. The summed E-state index contributed by atoms with van der Waals surface area (Å²) in [6, 6.07) is 2.00. The van der Waals surface area contributed by atoms with Crippen LogP contribution in [-0.2, 0) is 6.54 Å². The Labute approximate surface area is 104 Å². The second kappa shape index (κ2) is 5.01.